The predicted molar refractivity (Wildman–Crippen MR) is 55.0 cm³/mol. The van der Waals surface area contributed by atoms with Crippen molar-refractivity contribution < 1.29 is 8.42 Å². The Kier molecular flexibility index (Phi) is 2.28. The van der Waals surface area contributed by atoms with Gasteiger partial charge in [-0.25, -0.2) is 0 Å². The summed E-state index contributed by atoms with van der Waals surface area (Å²) in [4.78, 5) is 0. The highest BCUT2D eigenvalue weighted by Gasteiger charge is 1.93. The summed E-state index contributed by atoms with van der Waals surface area (Å²) in [6.45, 7) is 0. The average molecular weight is 205 g/mol. The normalized spacial score (nSPS) is 10.0. The molecule has 0 saturated carbocycles. The van der Waals surface area contributed by atoms with Gasteiger partial charge in [-0.05, 0) is 22.9 Å². The van der Waals surface area contributed by atoms with Crippen molar-refractivity contribution in [1.82, 2.24) is 0 Å². The van der Waals surface area contributed by atoms with E-state index in [0.29, 0.717) is 5.69 Å². The van der Waals surface area contributed by atoms with Gasteiger partial charge in [0.1, 0.15) is 0 Å². The van der Waals surface area contributed by atoms with E-state index in [1.807, 2.05) is 30.3 Å². The van der Waals surface area contributed by atoms with Crippen LogP contribution < -0.4 is 0 Å². The molecular formula is C10H7NO2S. The summed E-state index contributed by atoms with van der Waals surface area (Å²) in [5, 5.41) is 2.06. The Bertz CT molecular complexity index is 594. The Balaban J connectivity index is 2.68. The molecule has 0 fully saturated rings. The number of nitrogens with zero attached hydrogens (tertiary/aromatic N) is 1. The molecule has 0 radical (unpaired) electrons. The Labute approximate surface area is 82.7 Å². The van der Waals surface area contributed by atoms with Gasteiger partial charge in [-0.15, -0.1) is 4.36 Å². The first-order valence-electron chi connectivity index (χ1n) is 4.05. The van der Waals surface area contributed by atoms with Crippen LogP contribution in [-0.2, 0) is 10.5 Å². The van der Waals surface area contributed by atoms with Gasteiger partial charge in [0.15, 0.2) is 0 Å². The number of fused-ring (bicyclic) bond motifs is 1. The third-order valence-corrected chi connectivity index (χ3v) is 2.27. The molecule has 0 heterocycles. The van der Waals surface area contributed by atoms with Crippen LogP contribution in [0.1, 0.15) is 0 Å². The molecule has 0 aromatic heterocycles. The molecule has 0 atom stereocenters. The molecule has 3 nitrogen and oxygen atoms in total. The fourth-order valence-corrected chi connectivity index (χ4v) is 1.61. The molecule has 0 N–H and O–H groups in total. The van der Waals surface area contributed by atoms with Gasteiger partial charge in [0, 0.05) is 0 Å². The molecule has 0 saturated heterocycles. The largest absolute Gasteiger partial charge is 0.316 e. The van der Waals surface area contributed by atoms with Crippen molar-refractivity contribution in [2.45, 2.75) is 0 Å². The lowest BCUT2D eigenvalue weighted by atomic mass is 10.1. The lowest BCUT2D eigenvalue weighted by Crippen LogP contribution is -1.70. The summed E-state index contributed by atoms with van der Waals surface area (Å²) < 4.78 is 24.1. The molecule has 0 aliphatic rings. The van der Waals surface area contributed by atoms with E-state index in [0.717, 1.165) is 10.8 Å². The van der Waals surface area contributed by atoms with Crippen molar-refractivity contribution in [2.24, 2.45) is 4.36 Å². The summed E-state index contributed by atoms with van der Waals surface area (Å²) in [6, 6.07) is 13.0. The molecule has 0 spiro atoms. The number of benzene rings is 2. The number of rotatable bonds is 1. The second-order valence-electron chi connectivity index (χ2n) is 2.84. The molecule has 2 aromatic rings. The van der Waals surface area contributed by atoms with Crippen molar-refractivity contribution in [2.75, 3.05) is 0 Å². The van der Waals surface area contributed by atoms with Crippen LogP contribution in [-0.4, -0.2) is 8.42 Å². The highest BCUT2D eigenvalue weighted by atomic mass is 32.2. The lowest BCUT2D eigenvalue weighted by Gasteiger charge is -1.96. The second-order valence-corrected chi connectivity index (χ2v) is 3.46. The molecule has 0 aliphatic carbocycles. The molecule has 14 heavy (non-hydrogen) atoms. The SMILES string of the molecule is O=S(=O)=Nc1ccc2ccccc2c1. The van der Waals surface area contributed by atoms with Crippen LogP contribution >= 0.6 is 0 Å². The first kappa shape index (κ1) is 8.90. The highest BCUT2D eigenvalue weighted by Crippen LogP contribution is 2.20. The van der Waals surface area contributed by atoms with E-state index in [1.54, 1.807) is 12.1 Å². The zero-order valence-corrected chi connectivity index (χ0v) is 8.03. The van der Waals surface area contributed by atoms with Crippen LogP contribution in [0.25, 0.3) is 10.8 Å². The maximum absolute atomic E-state index is 10.3. The molecule has 2 aromatic carbocycles. The van der Waals surface area contributed by atoms with E-state index in [2.05, 4.69) is 4.36 Å². The monoisotopic (exact) mass is 205 g/mol. The van der Waals surface area contributed by atoms with Gasteiger partial charge < -0.3 is 0 Å². The van der Waals surface area contributed by atoms with Gasteiger partial charge in [0.25, 0.3) is 0 Å². The maximum Gasteiger partial charge on any atom is 0.316 e. The first-order valence-corrected chi connectivity index (χ1v) is 5.09. The zero-order chi connectivity index (χ0) is 9.97. The minimum atomic E-state index is -2.38. The lowest BCUT2D eigenvalue weighted by molar-refractivity contribution is 0.622. The summed E-state index contributed by atoms with van der Waals surface area (Å²) in [6.07, 6.45) is 0. The van der Waals surface area contributed by atoms with E-state index in [4.69, 9.17) is 0 Å². The third-order valence-electron chi connectivity index (χ3n) is 1.91. The number of hydrogen-bond acceptors (Lipinski definition) is 3. The van der Waals surface area contributed by atoms with Crippen LogP contribution in [0.3, 0.4) is 0 Å². The standard InChI is InChI=1S/C10H7NO2S/c12-14(13)11-10-6-5-8-3-1-2-4-9(8)7-10/h1-7H. The number of hydrogen-bond donors (Lipinski definition) is 0. The van der Waals surface area contributed by atoms with E-state index < -0.39 is 10.5 Å². The highest BCUT2D eigenvalue weighted by molar-refractivity contribution is 7.61. The molecule has 70 valence electrons. The summed E-state index contributed by atoms with van der Waals surface area (Å²) >= 11 is 0. The minimum Gasteiger partial charge on any atom is -0.163 e. The quantitative estimate of drug-likeness (QED) is 0.718. The molecule has 0 amide bonds. The van der Waals surface area contributed by atoms with Gasteiger partial charge in [-0.3, -0.25) is 0 Å². The van der Waals surface area contributed by atoms with E-state index in [9.17, 15) is 8.42 Å². The zero-order valence-electron chi connectivity index (χ0n) is 7.21. The summed E-state index contributed by atoms with van der Waals surface area (Å²) in [5.74, 6) is 0. The van der Waals surface area contributed by atoms with Crippen molar-refractivity contribution in [1.29, 1.82) is 0 Å². The fourth-order valence-electron chi connectivity index (χ4n) is 1.32. The first-order chi connectivity index (χ1) is 6.75. The van der Waals surface area contributed by atoms with Crippen LogP contribution in [0.4, 0.5) is 5.69 Å². The minimum absolute atomic E-state index is 0.456. The molecular weight excluding hydrogens is 198 g/mol. The van der Waals surface area contributed by atoms with Crippen LogP contribution in [0.5, 0.6) is 0 Å². The second kappa shape index (κ2) is 3.59. The van der Waals surface area contributed by atoms with E-state index >= 15 is 0 Å². The van der Waals surface area contributed by atoms with Gasteiger partial charge in [0.2, 0.25) is 0 Å². The van der Waals surface area contributed by atoms with Crippen molar-refractivity contribution >= 4 is 27.0 Å². The Hall–Kier alpha value is -1.68. The fraction of sp³-hybridized carbons (Fsp3) is 0. The van der Waals surface area contributed by atoms with Gasteiger partial charge in [-0.1, -0.05) is 30.3 Å². The van der Waals surface area contributed by atoms with Crippen LogP contribution in [0.2, 0.25) is 0 Å². The Morgan fingerprint density at radius 2 is 1.64 bits per heavy atom. The van der Waals surface area contributed by atoms with E-state index in [1.165, 1.54) is 0 Å². The summed E-state index contributed by atoms with van der Waals surface area (Å²) in [7, 11) is -2.38. The van der Waals surface area contributed by atoms with Crippen molar-refractivity contribution in [3.8, 4) is 0 Å². The summed E-state index contributed by atoms with van der Waals surface area (Å²) in [5.41, 5.74) is 0.456. The Morgan fingerprint density at radius 1 is 0.929 bits per heavy atom. The third kappa shape index (κ3) is 1.80. The maximum atomic E-state index is 10.3. The van der Waals surface area contributed by atoms with E-state index in [-0.39, 0.29) is 0 Å². The molecule has 0 unspecified atom stereocenters. The van der Waals surface area contributed by atoms with Crippen LogP contribution in [0.15, 0.2) is 46.8 Å². The van der Waals surface area contributed by atoms with Gasteiger partial charge >= 0.3 is 10.5 Å². The molecule has 4 heteroatoms. The molecule has 0 bridgehead atoms. The van der Waals surface area contributed by atoms with Crippen molar-refractivity contribution in [3.05, 3.63) is 42.5 Å². The van der Waals surface area contributed by atoms with Crippen LogP contribution in [0, 0.1) is 0 Å². The van der Waals surface area contributed by atoms with Gasteiger partial charge in [-0.2, -0.15) is 8.42 Å². The molecule has 0 aliphatic heterocycles. The van der Waals surface area contributed by atoms with Gasteiger partial charge in [0.05, 0.1) is 5.69 Å². The average Bonchev–Trinajstić information content (AvgIpc) is 2.17. The Morgan fingerprint density at radius 3 is 2.36 bits per heavy atom. The molecule has 2 rings (SSSR count). The predicted octanol–water partition coefficient (Wildman–Crippen LogP) is 2.53. The van der Waals surface area contributed by atoms with Crippen molar-refractivity contribution in [3.63, 3.8) is 0 Å². The smallest absolute Gasteiger partial charge is 0.163 e. The topological polar surface area (TPSA) is 46.5 Å².